The number of alkyl halides is 3. The molecule has 12 heteroatoms. The summed E-state index contributed by atoms with van der Waals surface area (Å²) in [6, 6.07) is 0. The number of carbonyl (C=O) groups is 1. The molecule has 0 bridgehead atoms. The second-order valence-electron chi connectivity index (χ2n) is 8.33. The molecule has 3 fully saturated rings. The van der Waals surface area contributed by atoms with E-state index < -0.39 is 22.4 Å². The molecule has 1 spiro atoms. The minimum Gasteiger partial charge on any atom is -0.475 e. The van der Waals surface area contributed by atoms with Crippen molar-refractivity contribution in [3.63, 3.8) is 0 Å². The summed E-state index contributed by atoms with van der Waals surface area (Å²) in [7, 11) is 1.68. The van der Waals surface area contributed by atoms with Crippen LogP contribution < -0.4 is 0 Å². The van der Waals surface area contributed by atoms with Crippen molar-refractivity contribution in [3.8, 4) is 0 Å². The maximum Gasteiger partial charge on any atom is 0.490 e. The number of aliphatic carboxylic acids is 1. The van der Waals surface area contributed by atoms with Gasteiger partial charge in [-0.1, -0.05) is 0 Å². The predicted molar refractivity (Wildman–Crippen MR) is 99.5 cm³/mol. The van der Waals surface area contributed by atoms with Crippen LogP contribution >= 0.6 is 0 Å². The Morgan fingerprint density at radius 2 is 1.86 bits per heavy atom. The highest BCUT2D eigenvalue weighted by atomic mass is 32.2. The Kier molecular flexibility index (Phi) is 7.59. The number of ether oxygens (including phenoxy) is 1. The zero-order valence-electron chi connectivity index (χ0n) is 17.0. The maximum atomic E-state index is 12.4. The number of nitrogens with zero attached hydrogens (tertiary/aromatic N) is 3. The van der Waals surface area contributed by atoms with Crippen LogP contribution in [-0.4, -0.2) is 99.7 Å². The number of likely N-dealkylation sites (tertiary alicyclic amines) is 1. The normalized spacial score (nSPS) is 28.7. The third kappa shape index (κ3) is 6.03. The molecule has 8 nitrogen and oxygen atoms in total. The molecule has 1 aliphatic carbocycles. The van der Waals surface area contributed by atoms with Crippen molar-refractivity contribution in [2.24, 2.45) is 17.3 Å². The summed E-state index contributed by atoms with van der Waals surface area (Å²) in [5, 5.41) is 7.12. The standard InChI is InChI=1S/C15H29N3O3S.C2HF3O2/c1-16(2)22(19,20)18-7-6-15(12-18)11-17(8-13-4-5-13)9-14(15)10-21-3;3-2(4,5)1(6)7/h13-14H,4-12H2,1-3H3;(H,6,7)/t14-,15-;/m1./s1. The molecule has 0 aromatic rings. The third-order valence-electron chi connectivity index (χ3n) is 5.84. The molecule has 0 radical (unpaired) electrons. The molecule has 3 rings (SSSR count). The first-order chi connectivity index (χ1) is 13.3. The lowest BCUT2D eigenvalue weighted by Gasteiger charge is -2.30. The number of halogens is 3. The molecule has 2 heterocycles. The topological polar surface area (TPSA) is 90.4 Å². The Balaban J connectivity index is 0.000000370. The van der Waals surface area contributed by atoms with Crippen molar-refractivity contribution in [3.05, 3.63) is 0 Å². The molecular weight excluding hydrogens is 415 g/mol. The lowest BCUT2D eigenvalue weighted by Crippen LogP contribution is -2.42. The van der Waals surface area contributed by atoms with Gasteiger partial charge in [0.25, 0.3) is 10.2 Å². The Labute approximate surface area is 169 Å². The first-order valence-electron chi connectivity index (χ1n) is 9.51. The zero-order chi connectivity index (χ0) is 22.0. The number of methoxy groups -OCH3 is 1. The van der Waals surface area contributed by atoms with Crippen LogP contribution in [0.15, 0.2) is 0 Å². The third-order valence-corrected chi connectivity index (χ3v) is 7.73. The number of hydrogen-bond donors (Lipinski definition) is 1. The van der Waals surface area contributed by atoms with Crippen LogP contribution in [0.25, 0.3) is 0 Å². The SMILES string of the molecule is COC[C@H]1CN(CC2CC2)C[C@@]12CCN(S(=O)(=O)N(C)C)C2.O=C(O)C(F)(F)F. The average Bonchev–Trinajstić information content (AvgIpc) is 3.20. The lowest BCUT2D eigenvalue weighted by atomic mass is 9.78. The minimum atomic E-state index is -5.08. The van der Waals surface area contributed by atoms with Gasteiger partial charge in [0, 0.05) is 65.3 Å². The van der Waals surface area contributed by atoms with Crippen LogP contribution in [0.1, 0.15) is 19.3 Å². The van der Waals surface area contributed by atoms with Crippen molar-refractivity contribution >= 4 is 16.2 Å². The van der Waals surface area contributed by atoms with E-state index in [-0.39, 0.29) is 5.41 Å². The fraction of sp³-hybridized carbons (Fsp3) is 0.941. The van der Waals surface area contributed by atoms with E-state index >= 15 is 0 Å². The summed E-state index contributed by atoms with van der Waals surface area (Å²) in [6.07, 6.45) is -1.41. The molecule has 0 aromatic carbocycles. The van der Waals surface area contributed by atoms with E-state index in [2.05, 4.69) is 4.90 Å². The molecule has 0 aromatic heterocycles. The van der Waals surface area contributed by atoms with E-state index in [0.717, 1.165) is 32.0 Å². The van der Waals surface area contributed by atoms with E-state index in [9.17, 15) is 21.6 Å². The van der Waals surface area contributed by atoms with Crippen LogP contribution in [0.5, 0.6) is 0 Å². The molecular formula is C17H30F3N3O5S. The highest BCUT2D eigenvalue weighted by Gasteiger charge is 2.53. The van der Waals surface area contributed by atoms with Gasteiger partial charge >= 0.3 is 12.1 Å². The van der Waals surface area contributed by atoms with Crippen molar-refractivity contribution in [2.45, 2.75) is 25.4 Å². The maximum absolute atomic E-state index is 12.4. The molecule has 3 aliphatic rings. The van der Waals surface area contributed by atoms with Gasteiger partial charge in [-0.3, -0.25) is 0 Å². The number of carboxylic acids is 1. The summed E-state index contributed by atoms with van der Waals surface area (Å²) in [5.74, 6) is -1.44. The van der Waals surface area contributed by atoms with E-state index in [1.807, 2.05) is 0 Å². The summed E-state index contributed by atoms with van der Waals surface area (Å²) in [6.45, 7) is 5.28. The van der Waals surface area contributed by atoms with Crippen LogP contribution in [0.4, 0.5) is 13.2 Å². The van der Waals surface area contributed by atoms with Gasteiger partial charge < -0.3 is 14.7 Å². The molecule has 170 valence electrons. The smallest absolute Gasteiger partial charge is 0.475 e. The average molecular weight is 446 g/mol. The van der Waals surface area contributed by atoms with Crippen molar-refractivity contribution in [2.75, 3.05) is 60.5 Å². The van der Waals surface area contributed by atoms with Gasteiger partial charge in [0.2, 0.25) is 0 Å². The monoisotopic (exact) mass is 445 g/mol. The van der Waals surface area contributed by atoms with E-state index in [1.165, 1.54) is 23.7 Å². The highest BCUT2D eigenvalue weighted by molar-refractivity contribution is 7.86. The van der Waals surface area contributed by atoms with Gasteiger partial charge in [-0.15, -0.1) is 0 Å². The van der Waals surface area contributed by atoms with Crippen LogP contribution in [0.3, 0.4) is 0 Å². The molecule has 0 unspecified atom stereocenters. The summed E-state index contributed by atoms with van der Waals surface area (Å²) in [5.41, 5.74) is 0.0774. The van der Waals surface area contributed by atoms with Gasteiger partial charge in [0.15, 0.2) is 0 Å². The van der Waals surface area contributed by atoms with Crippen LogP contribution in [-0.2, 0) is 19.7 Å². The second-order valence-corrected chi connectivity index (χ2v) is 10.5. The first-order valence-corrected chi connectivity index (χ1v) is 10.9. The predicted octanol–water partition coefficient (Wildman–Crippen LogP) is 1.11. The first kappa shape index (κ1) is 24.3. The van der Waals surface area contributed by atoms with Crippen LogP contribution in [0.2, 0.25) is 0 Å². The summed E-state index contributed by atoms with van der Waals surface area (Å²) >= 11 is 0. The van der Waals surface area contributed by atoms with E-state index in [1.54, 1.807) is 25.5 Å². The van der Waals surface area contributed by atoms with Gasteiger partial charge in [0.05, 0.1) is 6.61 Å². The molecule has 2 atom stereocenters. The Bertz CT molecular complexity index is 684. The Hall–Kier alpha value is -0.950. The molecule has 1 N–H and O–H groups in total. The van der Waals surface area contributed by atoms with E-state index in [0.29, 0.717) is 19.0 Å². The molecule has 29 heavy (non-hydrogen) atoms. The van der Waals surface area contributed by atoms with Crippen molar-refractivity contribution in [1.29, 1.82) is 0 Å². The minimum absolute atomic E-state index is 0.0774. The number of carboxylic acid groups (broad SMARTS) is 1. The molecule has 2 saturated heterocycles. The van der Waals surface area contributed by atoms with E-state index in [4.69, 9.17) is 14.6 Å². The van der Waals surface area contributed by atoms with Gasteiger partial charge in [-0.2, -0.15) is 30.2 Å². The fourth-order valence-electron chi connectivity index (χ4n) is 4.13. The molecule has 1 saturated carbocycles. The van der Waals surface area contributed by atoms with Gasteiger partial charge in [-0.05, 0) is 25.2 Å². The number of hydrogen-bond acceptors (Lipinski definition) is 5. The quantitative estimate of drug-likeness (QED) is 0.659. The van der Waals surface area contributed by atoms with Crippen molar-refractivity contribution < 1.29 is 36.2 Å². The second kappa shape index (κ2) is 9.04. The Morgan fingerprint density at radius 3 is 2.31 bits per heavy atom. The largest absolute Gasteiger partial charge is 0.490 e. The highest BCUT2D eigenvalue weighted by Crippen LogP contribution is 2.46. The fourth-order valence-corrected chi connectivity index (χ4v) is 5.33. The lowest BCUT2D eigenvalue weighted by molar-refractivity contribution is -0.192. The van der Waals surface area contributed by atoms with Gasteiger partial charge in [0.1, 0.15) is 0 Å². The van der Waals surface area contributed by atoms with Crippen LogP contribution in [0, 0.1) is 17.3 Å². The summed E-state index contributed by atoms with van der Waals surface area (Å²) < 4.78 is 65.0. The molecule has 2 aliphatic heterocycles. The Morgan fingerprint density at radius 1 is 1.28 bits per heavy atom. The zero-order valence-corrected chi connectivity index (χ0v) is 17.8. The number of rotatable bonds is 6. The van der Waals surface area contributed by atoms with Crippen molar-refractivity contribution in [1.82, 2.24) is 13.5 Å². The van der Waals surface area contributed by atoms with Gasteiger partial charge in [-0.25, -0.2) is 4.79 Å². The summed E-state index contributed by atoms with van der Waals surface area (Å²) in [4.78, 5) is 11.4. The molecule has 0 amide bonds.